The van der Waals surface area contributed by atoms with Crippen LogP contribution in [0.25, 0.3) is 20.5 Å². The summed E-state index contributed by atoms with van der Waals surface area (Å²) < 4.78 is 11.9. The van der Waals surface area contributed by atoms with Crippen molar-refractivity contribution in [3.63, 3.8) is 0 Å². The predicted octanol–water partition coefficient (Wildman–Crippen LogP) is 2.51. The average molecular weight is 420 g/mol. The number of nitrogens with zero attached hydrogens (tertiary/aromatic N) is 2. The average Bonchev–Trinajstić information content (AvgIpc) is 3.21. The topological polar surface area (TPSA) is 101 Å². The Morgan fingerprint density at radius 1 is 1.39 bits per heavy atom. The lowest BCUT2D eigenvalue weighted by Crippen LogP contribution is -2.36. The molecule has 3 heterocycles. The third-order valence-electron chi connectivity index (χ3n) is 4.59. The van der Waals surface area contributed by atoms with Crippen molar-refractivity contribution < 1.29 is 14.4 Å². The maximum atomic E-state index is 12.1. The first-order valence-corrected chi connectivity index (χ1v) is 10.0. The molecule has 148 valence electrons. The molecular weight excluding hydrogens is 395 g/mol. The van der Waals surface area contributed by atoms with E-state index in [1.807, 2.05) is 6.07 Å². The summed E-state index contributed by atoms with van der Waals surface area (Å²) in [7, 11) is 3.36. The highest BCUT2D eigenvalue weighted by atomic mass is 32.1. The summed E-state index contributed by atoms with van der Waals surface area (Å²) in [5.74, 6) is 0.290. The third-order valence-corrected chi connectivity index (χ3v) is 5.80. The Labute approximate surface area is 171 Å². The molecule has 28 heavy (non-hydrogen) atoms. The molecule has 1 saturated heterocycles. The van der Waals surface area contributed by atoms with Gasteiger partial charge in [-0.3, -0.25) is 4.79 Å². The number of ether oxygens (including phenoxy) is 1. The number of thiophene rings is 1. The number of rotatable bonds is 3. The van der Waals surface area contributed by atoms with Gasteiger partial charge >= 0.3 is 0 Å². The fourth-order valence-electron chi connectivity index (χ4n) is 3.14. The summed E-state index contributed by atoms with van der Waals surface area (Å²) in [5, 5.41) is 3.48. The van der Waals surface area contributed by atoms with Gasteiger partial charge in [0.25, 0.3) is 5.91 Å². The van der Waals surface area contributed by atoms with Crippen LogP contribution in [0, 0.1) is 0 Å². The van der Waals surface area contributed by atoms with Gasteiger partial charge in [-0.1, -0.05) is 12.1 Å². The minimum Gasteiger partial charge on any atom is -0.383 e. The normalized spacial score (nSPS) is 14.2. The van der Waals surface area contributed by atoms with Gasteiger partial charge < -0.3 is 25.6 Å². The fourth-order valence-corrected chi connectivity index (χ4v) is 4.32. The van der Waals surface area contributed by atoms with Gasteiger partial charge in [0.15, 0.2) is 0 Å². The van der Waals surface area contributed by atoms with Crippen LogP contribution in [0.5, 0.6) is 0 Å². The largest absolute Gasteiger partial charge is 0.383 e. The second-order valence-electron chi connectivity index (χ2n) is 6.14. The Hall–Kier alpha value is -2.25. The van der Waals surface area contributed by atoms with Crippen LogP contribution in [0.3, 0.4) is 0 Å². The van der Waals surface area contributed by atoms with Gasteiger partial charge in [0.2, 0.25) is 1.43 Å². The standard InChI is InChI=1S/C19H20N4O2S.H3OP/c1-21-19(24)15-11-22-18(20)14-10-16(26-17(14)15)12-2-4-13(5-3-12)23-6-8-25-9-7-23;1-2/h2-5,10-11H,6-9H2,1H3,(H2,20,22)(H,21,24);1H,2H2/i;1T. The van der Waals surface area contributed by atoms with Gasteiger partial charge in [-0.2, -0.15) is 0 Å². The van der Waals surface area contributed by atoms with E-state index in [1.54, 1.807) is 27.9 Å². The van der Waals surface area contributed by atoms with Gasteiger partial charge in [0, 0.05) is 42.3 Å². The number of anilines is 2. The number of morpholine rings is 1. The van der Waals surface area contributed by atoms with Gasteiger partial charge in [0.1, 0.15) is 5.82 Å². The molecular formula is C19H23N4O3PS. The summed E-state index contributed by atoms with van der Waals surface area (Å²) in [6.45, 7) is 3.37. The highest BCUT2D eigenvalue weighted by molar-refractivity contribution is 7.22. The summed E-state index contributed by atoms with van der Waals surface area (Å²) in [6, 6.07) is 10.5. The monoisotopic (exact) mass is 420 g/mol. The smallest absolute Gasteiger partial charge is 0.254 e. The Balaban J connectivity index is 0.000000755. The minimum absolute atomic E-state index is 0.154. The summed E-state index contributed by atoms with van der Waals surface area (Å²) in [6.07, 6.45) is 1.54. The molecule has 1 atom stereocenters. The number of pyridine rings is 1. The van der Waals surface area contributed by atoms with Gasteiger partial charge in [0.05, 0.1) is 23.5 Å². The predicted molar refractivity (Wildman–Crippen MR) is 118 cm³/mol. The maximum absolute atomic E-state index is 12.1. The van der Waals surface area contributed by atoms with E-state index in [2.05, 4.69) is 44.4 Å². The van der Waals surface area contributed by atoms with Crippen LogP contribution in [-0.4, -0.2) is 50.6 Å². The van der Waals surface area contributed by atoms with Gasteiger partial charge in [-0.05, 0) is 33.2 Å². The van der Waals surface area contributed by atoms with Crippen LogP contribution in [0.1, 0.15) is 10.4 Å². The zero-order valence-corrected chi connectivity index (χ0v) is 17.4. The number of fused-ring (bicyclic) bond motifs is 1. The van der Waals surface area contributed by atoms with Crippen LogP contribution < -0.4 is 16.0 Å². The van der Waals surface area contributed by atoms with Crippen molar-refractivity contribution in [2.45, 2.75) is 0 Å². The first-order chi connectivity index (χ1) is 14.1. The number of nitrogen functional groups attached to an aromatic ring is 1. The molecule has 0 bridgehead atoms. The Kier molecular flexibility index (Phi) is 6.34. The molecule has 7 nitrogen and oxygen atoms in total. The van der Waals surface area contributed by atoms with E-state index in [0.717, 1.165) is 46.8 Å². The van der Waals surface area contributed by atoms with Gasteiger partial charge in [-0.25, -0.2) is 4.98 Å². The van der Waals surface area contributed by atoms with E-state index in [-0.39, 0.29) is 5.91 Å². The molecule has 0 spiro atoms. The highest BCUT2D eigenvalue weighted by Gasteiger charge is 2.16. The van der Waals surface area contributed by atoms with Crippen LogP contribution in [0.4, 0.5) is 11.5 Å². The van der Waals surface area contributed by atoms with Crippen molar-refractivity contribution in [2.24, 2.45) is 0 Å². The third kappa shape index (κ3) is 4.10. The van der Waals surface area contributed by atoms with Crippen molar-refractivity contribution in [3.05, 3.63) is 42.1 Å². The Bertz CT molecular complexity index is 977. The van der Waals surface area contributed by atoms with E-state index in [1.165, 1.54) is 11.9 Å². The number of hydrogen-bond acceptors (Lipinski definition) is 7. The van der Waals surface area contributed by atoms with Crippen molar-refractivity contribution >= 4 is 48.3 Å². The van der Waals surface area contributed by atoms with Crippen LogP contribution >= 0.6 is 20.8 Å². The number of carbonyl (C=O) groups is 1. The number of amides is 1. The molecule has 1 amide bonds. The van der Waals surface area contributed by atoms with E-state index in [4.69, 9.17) is 11.9 Å². The molecule has 2 aromatic heterocycles. The lowest BCUT2D eigenvalue weighted by molar-refractivity contribution is 0.0964. The second kappa shape index (κ2) is 9.30. The SMILES string of the molecule is CNC(=O)c1cnc(N)c2cc(-c3ccc(N4CCOCC4)cc3)sc12.[3H]OP. The van der Waals surface area contributed by atoms with E-state index in [9.17, 15) is 4.79 Å². The summed E-state index contributed by atoms with van der Waals surface area (Å²) >= 11 is 1.56. The van der Waals surface area contributed by atoms with Crippen molar-refractivity contribution in [2.75, 3.05) is 44.0 Å². The molecule has 1 unspecified atom stereocenters. The molecule has 0 saturated carbocycles. The van der Waals surface area contributed by atoms with E-state index in [0.29, 0.717) is 11.4 Å². The molecule has 4 N–H and O–H groups in total. The molecule has 0 aliphatic carbocycles. The first kappa shape index (κ1) is 19.1. The maximum Gasteiger partial charge on any atom is 0.254 e. The highest BCUT2D eigenvalue weighted by Crippen LogP contribution is 2.37. The number of carbonyl (C=O) groups excluding carboxylic acids is 1. The van der Waals surface area contributed by atoms with E-state index >= 15 is 0 Å². The molecule has 9 heteroatoms. The molecule has 1 aromatic carbocycles. The molecule has 1 aliphatic heterocycles. The molecule has 3 aromatic rings. The van der Waals surface area contributed by atoms with E-state index < -0.39 is 0 Å². The quantitative estimate of drug-likeness (QED) is 0.563. The second-order valence-corrected chi connectivity index (χ2v) is 7.19. The molecule has 0 radical (unpaired) electrons. The van der Waals surface area contributed by atoms with Crippen LogP contribution in [0.2, 0.25) is 0 Å². The molecule has 1 aliphatic rings. The van der Waals surface area contributed by atoms with Crippen molar-refractivity contribution in [1.29, 1.82) is 1.43 Å². The Morgan fingerprint density at radius 2 is 2.07 bits per heavy atom. The number of nitrogens with one attached hydrogen (secondary N) is 1. The summed E-state index contributed by atoms with van der Waals surface area (Å²) in [5.41, 5.74) is 8.88. The zero-order chi connectivity index (χ0) is 20.8. The van der Waals surface area contributed by atoms with Gasteiger partial charge in [-0.15, -0.1) is 11.3 Å². The van der Waals surface area contributed by atoms with Crippen LogP contribution in [-0.2, 0) is 4.74 Å². The fraction of sp³-hybridized carbons (Fsp3) is 0.263. The Morgan fingerprint density at radius 3 is 2.71 bits per heavy atom. The molecule has 4 rings (SSSR count). The molecule has 1 fully saturated rings. The van der Waals surface area contributed by atoms with Crippen LogP contribution in [0.15, 0.2) is 36.5 Å². The van der Waals surface area contributed by atoms with Crippen molar-refractivity contribution in [3.8, 4) is 10.4 Å². The minimum atomic E-state index is -0.154. The zero-order valence-electron chi connectivity index (χ0n) is 16.5. The number of benzene rings is 1. The number of hydrogen-bond donors (Lipinski definition) is 3. The van der Waals surface area contributed by atoms with Crippen molar-refractivity contribution in [1.82, 2.24) is 10.3 Å². The number of nitrogens with two attached hydrogens (primary N) is 1. The first-order valence-electron chi connectivity index (χ1n) is 9.15. The lowest BCUT2D eigenvalue weighted by atomic mass is 10.1. The lowest BCUT2D eigenvalue weighted by Gasteiger charge is -2.28. The number of aromatic nitrogens is 1. The summed E-state index contributed by atoms with van der Waals surface area (Å²) in [4.78, 5) is 23.1.